The Bertz CT molecular complexity index is 1790. The van der Waals surface area contributed by atoms with Gasteiger partial charge in [0.15, 0.2) is 0 Å². The number of carbonyl (C=O) groups is 2. The van der Waals surface area contributed by atoms with E-state index in [0.29, 0.717) is 28.9 Å². The molecule has 0 bridgehead atoms. The number of aryl methyl sites for hydroxylation is 1. The summed E-state index contributed by atoms with van der Waals surface area (Å²) in [5, 5.41) is 2.23. The molecule has 12 heteroatoms. The first-order valence-corrected chi connectivity index (χ1v) is 16.7. The maximum absolute atomic E-state index is 14.4. The molecule has 0 aromatic heterocycles. The summed E-state index contributed by atoms with van der Waals surface area (Å²) in [6, 6.07) is 25.0. The third-order valence-corrected chi connectivity index (χ3v) is 9.53. The molecule has 4 aromatic carbocycles. The van der Waals surface area contributed by atoms with Gasteiger partial charge in [-0.3, -0.25) is 13.9 Å². The van der Waals surface area contributed by atoms with Gasteiger partial charge in [-0.15, -0.1) is 0 Å². The van der Waals surface area contributed by atoms with Crippen LogP contribution in [0.15, 0.2) is 108 Å². The minimum atomic E-state index is -4.89. The lowest BCUT2D eigenvalue weighted by Crippen LogP contribution is -2.53. The summed E-state index contributed by atoms with van der Waals surface area (Å²) >= 11 is 5.86. The largest absolute Gasteiger partial charge is 0.417 e. The van der Waals surface area contributed by atoms with Gasteiger partial charge in [-0.05, 0) is 54.8 Å². The number of anilines is 1. The summed E-state index contributed by atoms with van der Waals surface area (Å²) in [5.41, 5.74) is 0.675. The Balaban J connectivity index is 1.85. The molecule has 248 valence electrons. The molecular weight excluding hydrogens is 651 g/mol. The van der Waals surface area contributed by atoms with Crippen LogP contribution >= 0.6 is 11.6 Å². The quantitative estimate of drug-likeness (QED) is 0.164. The first-order valence-electron chi connectivity index (χ1n) is 14.9. The van der Waals surface area contributed by atoms with Gasteiger partial charge in [-0.25, -0.2) is 8.42 Å². The lowest BCUT2D eigenvalue weighted by atomic mass is 10.0. The zero-order valence-corrected chi connectivity index (χ0v) is 27.4. The number of hydrogen-bond donors (Lipinski definition) is 1. The smallest absolute Gasteiger partial charge is 0.354 e. The van der Waals surface area contributed by atoms with Gasteiger partial charge in [0, 0.05) is 19.5 Å². The molecular formula is C35H35ClF3N3O4S. The Hall–Kier alpha value is -4.35. The second-order valence-corrected chi connectivity index (χ2v) is 13.3. The van der Waals surface area contributed by atoms with Crippen LogP contribution in [0.5, 0.6) is 0 Å². The van der Waals surface area contributed by atoms with Crippen molar-refractivity contribution in [1.29, 1.82) is 0 Å². The Morgan fingerprint density at radius 1 is 0.872 bits per heavy atom. The fourth-order valence-electron chi connectivity index (χ4n) is 5.06. The normalized spacial score (nSPS) is 12.3. The van der Waals surface area contributed by atoms with Crippen LogP contribution in [-0.4, -0.2) is 44.3 Å². The second kappa shape index (κ2) is 15.5. The van der Waals surface area contributed by atoms with E-state index in [9.17, 15) is 31.2 Å². The van der Waals surface area contributed by atoms with Gasteiger partial charge in [-0.2, -0.15) is 13.2 Å². The highest BCUT2D eigenvalue weighted by atomic mass is 35.5. The fraction of sp³-hybridized carbons (Fsp3) is 0.257. The maximum atomic E-state index is 14.4. The molecule has 4 aromatic rings. The van der Waals surface area contributed by atoms with E-state index in [1.165, 1.54) is 29.2 Å². The molecule has 0 aliphatic heterocycles. The summed E-state index contributed by atoms with van der Waals surface area (Å²) in [7, 11) is -4.58. The highest BCUT2D eigenvalue weighted by molar-refractivity contribution is 7.92. The number of hydrogen-bond acceptors (Lipinski definition) is 4. The lowest BCUT2D eigenvalue weighted by molar-refractivity contribution is -0.140. The first kappa shape index (κ1) is 35.5. The van der Waals surface area contributed by atoms with Crippen LogP contribution < -0.4 is 9.62 Å². The molecule has 0 spiro atoms. The Morgan fingerprint density at radius 3 is 2.13 bits per heavy atom. The summed E-state index contributed by atoms with van der Waals surface area (Å²) < 4.78 is 70.4. The number of nitrogens with zero attached hydrogens (tertiary/aromatic N) is 2. The van der Waals surface area contributed by atoms with Gasteiger partial charge in [0.25, 0.3) is 10.0 Å². The van der Waals surface area contributed by atoms with Gasteiger partial charge in [0.1, 0.15) is 12.6 Å². The molecule has 0 saturated carbocycles. The van der Waals surface area contributed by atoms with E-state index < -0.39 is 56.9 Å². The fourth-order valence-corrected chi connectivity index (χ4v) is 6.71. The zero-order valence-electron chi connectivity index (χ0n) is 25.9. The number of halogens is 4. The minimum absolute atomic E-state index is 0.0643. The number of amides is 2. The highest BCUT2D eigenvalue weighted by Crippen LogP contribution is 2.38. The van der Waals surface area contributed by atoms with Crippen molar-refractivity contribution in [3.05, 3.63) is 130 Å². The van der Waals surface area contributed by atoms with Crippen LogP contribution in [-0.2, 0) is 38.8 Å². The molecule has 0 radical (unpaired) electrons. The van der Waals surface area contributed by atoms with Gasteiger partial charge >= 0.3 is 6.18 Å². The monoisotopic (exact) mass is 685 g/mol. The van der Waals surface area contributed by atoms with Crippen molar-refractivity contribution < 1.29 is 31.2 Å². The molecule has 0 aliphatic carbocycles. The number of carbonyl (C=O) groups excluding carboxylic acids is 2. The van der Waals surface area contributed by atoms with E-state index in [-0.39, 0.29) is 17.9 Å². The van der Waals surface area contributed by atoms with Crippen LogP contribution in [0, 0.1) is 6.92 Å². The summed E-state index contributed by atoms with van der Waals surface area (Å²) in [6.45, 7) is 3.14. The predicted molar refractivity (Wildman–Crippen MR) is 176 cm³/mol. The number of rotatable bonds is 13. The molecule has 7 nitrogen and oxygen atoms in total. The van der Waals surface area contributed by atoms with Crippen molar-refractivity contribution >= 4 is 39.1 Å². The Labute approximate surface area is 278 Å². The van der Waals surface area contributed by atoms with Crippen LogP contribution in [0.2, 0.25) is 5.02 Å². The van der Waals surface area contributed by atoms with Crippen LogP contribution in [0.3, 0.4) is 0 Å². The Morgan fingerprint density at radius 2 is 1.51 bits per heavy atom. The second-order valence-electron chi connectivity index (χ2n) is 11.0. The molecule has 4 rings (SSSR count). The molecule has 47 heavy (non-hydrogen) atoms. The van der Waals surface area contributed by atoms with E-state index in [1.807, 2.05) is 44.2 Å². The van der Waals surface area contributed by atoms with Crippen molar-refractivity contribution in [2.45, 2.75) is 50.3 Å². The number of sulfonamides is 1. The number of nitrogens with one attached hydrogen (secondary N) is 1. The minimum Gasteiger partial charge on any atom is -0.354 e. The third-order valence-electron chi connectivity index (χ3n) is 7.41. The van der Waals surface area contributed by atoms with Crippen molar-refractivity contribution in [2.24, 2.45) is 0 Å². The van der Waals surface area contributed by atoms with Gasteiger partial charge < -0.3 is 10.2 Å². The molecule has 0 heterocycles. The first-order chi connectivity index (χ1) is 22.3. The van der Waals surface area contributed by atoms with Crippen molar-refractivity contribution in [3.63, 3.8) is 0 Å². The molecule has 2 amide bonds. The van der Waals surface area contributed by atoms with Crippen molar-refractivity contribution in [1.82, 2.24) is 10.2 Å². The number of benzene rings is 4. The molecule has 1 atom stereocenters. The zero-order chi connectivity index (χ0) is 34.2. The average Bonchev–Trinajstić information content (AvgIpc) is 3.04. The predicted octanol–water partition coefficient (Wildman–Crippen LogP) is 7.03. The van der Waals surface area contributed by atoms with Crippen LogP contribution in [0.4, 0.5) is 18.9 Å². The molecule has 0 fully saturated rings. The summed E-state index contributed by atoms with van der Waals surface area (Å²) in [4.78, 5) is 29.2. The third kappa shape index (κ3) is 9.14. The molecule has 0 aliphatic rings. The van der Waals surface area contributed by atoms with E-state index in [0.717, 1.165) is 23.3 Å². The maximum Gasteiger partial charge on any atom is 0.417 e. The summed E-state index contributed by atoms with van der Waals surface area (Å²) in [6.07, 6.45) is -4.15. The van der Waals surface area contributed by atoms with Crippen molar-refractivity contribution in [2.75, 3.05) is 17.4 Å². The molecule has 0 unspecified atom stereocenters. The van der Waals surface area contributed by atoms with Crippen molar-refractivity contribution in [3.8, 4) is 0 Å². The molecule has 0 saturated heterocycles. The van der Waals surface area contributed by atoms with E-state index in [2.05, 4.69) is 5.32 Å². The van der Waals surface area contributed by atoms with E-state index >= 15 is 0 Å². The van der Waals surface area contributed by atoms with Gasteiger partial charge in [0.05, 0.1) is 21.2 Å². The van der Waals surface area contributed by atoms with E-state index in [4.69, 9.17) is 11.6 Å². The molecule has 1 N–H and O–H groups in total. The number of alkyl halides is 3. The van der Waals surface area contributed by atoms with E-state index in [1.54, 1.807) is 30.3 Å². The SMILES string of the molecule is CCCNC(=O)[C@@H](Cc1ccccc1)N(Cc1cccc(C)c1)C(=O)CN(c1ccc(Cl)c(C(F)(F)F)c1)S(=O)(=O)c1ccccc1. The summed E-state index contributed by atoms with van der Waals surface area (Å²) in [5.74, 6) is -1.23. The van der Waals surface area contributed by atoms with Gasteiger partial charge in [-0.1, -0.05) is 96.9 Å². The highest BCUT2D eigenvalue weighted by Gasteiger charge is 2.37. The lowest BCUT2D eigenvalue weighted by Gasteiger charge is -2.34. The standard InChI is InChI=1S/C35H35ClF3N3O4S/c1-3-19-40-34(44)32(21-26-12-6-4-7-13-26)41(23-27-14-10-11-25(2)20-27)33(43)24-42(47(45,46)29-15-8-5-9-16-29)28-17-18-31(36)30(22-28)35(37,38)39/h4-18,20,22,32H,3,19,21,23-24H2,1-2H3,(H,40,44)/t32-/m1/s1. The topological polar surface area (TPSA) is 86.8 Å². The van der Waals surface area contributed by atoms with Crippen LogP contribution in [0.25, 0.3) is 0 Å². The van der Waals surface area contributed by atoms with Gasteiger partial charge in [0.2, 0.25) is 11.8 Å². The van der Waals surface area contributed by atoms with Crippen LogP contribution in [0.1, 0.15) is 35.6 Å². The average molecular weight is 686 g/mol. The Kier molecular flexibility index (Phi) is 11.7.